The number of nitrogens with zero attached hydrogens (tertiary/aromatic N) is 1. The number of rotatable bonds is 8. The Kier molecular flexibility index (Phi) is 6.86. The normalized spacial score (nSPS) is 14.6. The monoisotopic (exact) mass is 378 g/mol. The summed E-state index contributed by atoms with van der Waals surface area (Å²) in [6.07, 6.45) is -1.88. The van der Waals surface area contributed by atoms with Crippen molar-refractivity contribution in [2.75, 3.05) is 0 Å². The van der Waals surface area contributed by atoms with Gasteiger partial charge in [0.2, 0.25) is 0 Å². The van der Waals surface area contributed by atoms with E-state index in [2.05, 4.69) is 5.32 Å². The molecule has 3 amide bonds. The Morgan fingerprint density at radius 3 is 2.33 bits per heavy atom. The van der Waals surface area contributed by atoms with Crippen LogP contribution in [0.1, 0.15) is 31.2 Å². The molecule has 2 N–H and O–H groups in total. The molecule has 1 aromatic carbocycles. The molecule has 1 unspecified atom stereocenters. The number of amides is 3. The van der Waals surface area contributed by atoms with Crippen LogP contribution in [0.2, 0.25) is 0 Å². The van der Waals surface area contributed by atoms with Gasteiger partial charge in [-0.05, 0) is 12.0 Å². The van der Waals surface area contributed by atoms with Gasteiger partial charge in [-0.2, -0.15) is 0 Å². The van der Waals surface area contributed by atoms with E-state index in [1.807, 2.05) is 0 Å². The maximum absolute atomic E-state index is 12.2. The van der Waals surface area contributed by atoms with Crippen LogP contribution < -0.4 is 5.32 Å². The van der Waals surface area contributed by atoms with Crippen LogP contribution in [0.3, 0.4) is 0 Å². The van der Waals surface area contributed by atoms with E-state index >= 15 is 0 Å². The van der Waals surface area contributed by atoms with Gasteiger partial charge < -0.3 is 20.0 Å². The molecule has 1 saturated heterocycles. The Morgan fingerprint density at radius 1 is 1.11 bits per heavy atom. The zero-order valence-corrected chi connectivity index (χ0v) is 14.3. The van der Waals surface area contributed by atoms with Crippen molar-refractivity contribution in [3.05, 3.63) is 35.9 Å². The molecule has 144 valence electrons. The lowest BCUT2D eigenvalue weighted by Crippen LogP contribution is -2.45. The van der Waals surface area contributed by atoms with Crippen molar-refractivity contribution < 1.29 is 38.7 Å². The minimum atomic E-state index is -1.40. The highest BCUT2D eigenvalue weighted by atomic mass is 16.7. The van der Waals surface area contributed by atoms with Crippen LogP contribution in [0.25, 0.3) is 0 Å². The van der Waals surface area contributed by atoms with Gasteiger partial charge in [0.1, 0.15) is 12.6 Å². The first kappa shape index (κ1) is 19.9. The molecule has 0 radical (unpaired) electrons. The predicted octanol–water partition coefficient (Wildman–Crippen LogP) is 0.753. The molecule has 10 nitrogen and oxygen atoms in total. The number of hydroxylamine groups is 2. The van der Waals surface area contributed by atoms with E-state index in [-0.39, 0.29) is 25.9 Å². The van der Waals surface area contributed by atoms with Crippen LogP contribution in [0.5, 0.6) is 0 Å². The van der Waals surface area contributed by atoms with Gasteiger partial charge in [-0.1, -0.05) is 30.3 Å². The van der Waals surface area contributed by atoms with Gasteiger partial charge in [-0.25, -0.2) is 9.59 Å². The Balaban J connectivity index is 1.94. The molecule has 0 bridgehead atoms. The van der Waals surface area contributed by atoms with E-state index in [0.29, 0.717) is 10.6 Å². The minimum Gasteiger partial charge on any atom is -0.481 e. The van der Waals surface area contributed by atoms with Crippen LogP contribution in [-0.2, 0) is 35.4 Å². The molecular weight excluding hydrogens is 360 g/mol. The number of imide groups is 1. The number of hydrogen-bond acceptors (Lipinski definition) is 7. The molecule has 1 atom stereocenters. The SMILES string of the molecule is O=C(O)CCC(NC(=O)OCc1ccccc1)C(=O)ON1C(=O)CCC1=O. The number of ether oxygens (including phenoxy) is 1. The molecule has 0 spiro atoms. The van der Waals surface area contributed by atoms with Gasteiger partial charge in [0.05, 0.1) is 0 Å². The van der Waals surface area contributed by atoms with Crippen molar-refractivity contribution in [2.45, 2.75) is 38.3 Å². The van der Waals surface area contributed by atoms with E-state index in [1.54, 1.807) is 30.3 Å². The number of carboxylic acids is 1. The lowest BCUT2D eigenvalue weighted by Gasteiger charge is -2.19. The summed E-state index contributed by atoms with van der Waals surface area (Å²) in [5.74, 6) is -3.69. The van der Waals surface area contributed by atoms with E-state index in [4.69, 9.17) is 14.7 Å². The van der Waals surface area contributed by atoms with E-state index in [0.717, 1.165) is 0 Å². The first-order valence-electron chi connectivity index (χ1n) is 8.13. The van der Waals surface area contributed by atoms with Crippen molar-refractivity contribution >= 4 is 29.8 Å². The van der Waals surface area contributed by atoms with Crippen molar-refractivity contribution in [1.82, 2.24) is 10.4 Å². The third-order valence-electron chi connectivity index (χ3n) is 3.62. The van der Waals surface area contributed by atoms with Crippen molar-refractivity contribution in [2.24, 2.45) is 0 Å². The topological polar surface area (TPSA) is 139 Å². The zero-order chi connectivity index (χ0) is 19.8. The maximum atomic E-state index is 12.2. The average molecular weight is 378 g/mol. The van der Waals surface area contributed by atoms with Gasteiger partial charge >= 0.3 is 18.0 Å². The van der Waals surface area contributed by atoms with Crippen LogP contribution in [0, 0.1) is 0 Å². The van der Waals surface area contributed by atoms with Crippen LogP contribution in [0.15, 0.2) is 30.3 Å². The summed E-state index contributed by atoms with van der Waals surface area (Å²) in [4.78, 5) is 62.6. The quantitative estimate of drug-likeness (QED) is 0.632. The predicted molar refractivity (Wildman–Crippen MR) is 87.6 cm³/mol. The Labute approximate surface area is 154 Å². The number of nitrogens with one attached hydrogen (secondary N) is 1. The molecule has 0 saturated carbocycles. The number of carboxylic acid groups (broad SMARTS) is 1. The smallest absolute Gasteiger partial charge is 0.408 e. The number of carbonyl (C=O) groups excluding carboxylic acids is 4. The van der Waals surface area contributed by atoms with Crippen molar-refractivity contribution in [1.29, 1.82) is 0 Å². The molecule has 1 aliphatic heterocycles. The highest BCUT2D eigenvalue weighted by molar-refractivity contribution is 6.01. The summed E-state index contributed by atoms with van der Waals surface area (Å²) in [6, 6.07) is 7.37. The first-order chi connectivity index (χ1) is 12.9. The summed E-state index contributed by atoms with van der Waals surface area (Å²) in [5.41, 5.74) is 0.713. The third kappa shape index (κ3) is 6.10. The molecule has 0 aliphatic carbocycles. The van der Waals surface area contributed by atoms with Gasteiger partial charge in [-0.15, -0.1) is 5.06 Å². The average Bonchev–Trinajstić information content (AvgIpc) is 2.96. The zero-order valence-electron chi connectivity index (χ0n) is 14.3. The molecule has 1 aromatic rings. The molecule has 2 rings (SSSR count). The number of carbonyl (C=O) groups is 5. The van der Waals surface area contributed by atoms with E-state index in [1.165, 1.54) is 0 Å². The van der Waals surface area contributed by atoms with Crippen molar-refractivity contribution in [3.8, 4) is 0 Å². The number of aliphatic carboxylic acids is 1. The summed E-state index contributed by atoms with van der Waals surface area (Å²) in [6.45, 7) is -0.0591. The van der Waals surface area contributed by atoms with E-state index in [9.17, 15) is 24.0 Å². The van der Waals surface area contributed by atoms with Gasteiger partial charge in [-0.3, -0.25) is 14.4 Å². The van der Waals surface area contributed by atoms with Gasteiger partial charge in [0.25, 0.3) is 11.8 Å². The highest BCUT2D eigenvalue weighted by Gasteiger charge is 2.35. The fourth-order valence-corrected chi connectivity index (χ4v) is 2.24. The number of benzene rings is 1. The fourth-order valence-electron chi connectivity index (χ4n) is 2.24. The second kappa shape index (κ2) is 9.32. The number of hydrogen-bond donors (Lipinski definition) is 2. The summed E-state index contributed by atoms with van der Waals surface area (Å²) < 4.78 is 4.98. The van der Waals surface area contributed by atoms with Crippen LogP contribution >= 0.6 is 0 Å². The molecular formula is C17H18N2O8. The maximum Gasteiger partial charge on any atom is 0.408 e. The molecule has 1 aliphatic rings. The lowest BCUT2D eigenvalue weighted by molar-refractivity contribution is -0.199. The molecule has 27 heavy (non-hydrogen) atoms. The minimum absolute atomic E-state index is 0.0591. The second-order valence-corrected chi connectivity index (χ2v) is 5.68. The lowest BCUT2D eigenvalue weighted by atomic mass is 10.1. The van der Waals surface area contributed by atoms with Gasteiger partial charge in [0, 0.05) is 19.3 Å². The fraction of sp³-hybridized carbons (Fsp3) is 0.353. The molecule has 10 heteroatoms. The summed E-state index contributed by atoms with van der Waals surface area (Å²) in [7, 11) is 0. The summed E-state index contributed by atoms with van der Waals surface area (Å²) >= 11 is 0. The Bertz CT molecular complexity index is 718. The van der Waals surface area contributed by atoms with Gasteiger partial charge in [0.15, 0.2) is 0 Å². The van der Waals surface area contributed by atoms with E-state index < -0.39 is 42.3 Å². The third-order valence-corrected chi connectivity index (χ3v) is 3.62. The largest absolute Gasteiger partial charge is 0.481 e. The summed E-state index contributed by atoms with van der Waals surface area (Å²) in [5, 5.41) is 11.3. The molecule has 0 aromatic heterocycles. The van der Waals surface area contributed by atoms with Crippen LogP contribution in [-0.4, -0.2) is 46.1 Å². The Hall–Kier alpha value is -3.43. The second-order valence-electron chi connectivity index (χ2n) is 5.68. The Morgan fingerprint density at radius 2 is 1.74 bits per heavy atom. The van der Waals surface area contributed by atoms with Crippen molar-refractivity contribution in [3.63, 3.8) is 0 Å². The first-order valence-corrected chi connectivity index (χ1v) is 8.13. The highest BCUT2D eigenvalue weighted by Crippen LogP contribution is 2.14. The molecule has 1 heterocycles. The van der Waals surface area contributed by atoms with Crippen LogP contribution in [0.4, 0.5) is 4.79 Å². The molecule has 1 fully saturated rings. The standard InChI is InChI=1S/C17H18N2O8/c20-13-7-8-14(21)19(13)27-16(24)12(6-9-15(22)23)18-17(25)26-10-11-4-2-1-3-5-11/h1-5,12H,6-10H2,(H,18,25)(H,22,23). The number of alkyl carbamates (subject to hydrolysis) is 1.